The van der Waals surface area contributed by atoms with Gasteiger partial charge in [0.05, 0.1) is 24.3 Å². The average Bonchev–Trinajstić information content (AvgIpc) is 3.58. The van der Waals surface area contributed by atoms with Crippen LogP contribution in [-0.4, -0.2) is 67.6 Å². The molecule has 39 heavy (non-hydrogen) atoms. The molecule has 10 nitrogen and oxygen atoms in total. The lowest BCUT2D eigenvalue weighted by Gasteiger charge is -2.40. The van der Waals surface area contributed by atoms with E-state index in [2.05, 4.69) is 60.8 Å². The maximum Gasteiger partial charge on any atom is 0.322 e. The average molecular weight is 527 g/mol. The Bertz CT molecular complexity index is 1500. The highest BCUT2D eigenvalue weighted by Crippen LogP contribution is 2.28. The van der Waals surface area contributed by atoms with Crippen molar-refractivity contribution in [2.24, 2.45) is 0 Å². The zero-order valence-corrected chi connectivity index (χ0v) is 22.3. The number of benzene rings is 2. The summed E-state index contributed by atoms with van der Waals surface area (Å²) in [6.07, 6.45) is 5.92. The molecule has 0 spiro atoms. The predicted molar refractivity (Wildman–Crippen MR) is 149 cm³/mol. The van der Waals surface area contributed by atoms with Crippen molar-refractivity contribution in [3.8, 4) is 0 Å². The minimum absolute atomic E-state index is 0.0294. The van der Waals surface area contributed by atoms with Crippen LogP contribution in [0.3, 0.4) is 0 Å². The van der Waals surface area contributed by atoms with E-state index in [1.807, 2.05) is 36.2 Å². The minimum atomic E-state index is -0.274. The molecule has 0 radical (unpaired) electrons. The van der Waals surface area contributed by atoms with Crippen LogP contribution in [0.25, 0.3) is 10.9 Å². The lowest BCUT2D eigenvalue weighted by molar-refractivity contribution is -0.123. The van der Waals surface area contributed by atoms with E-state index in [1.165, 1.54) is 0 Å². The first-order valence-electron chi connectivity index (χ1n) is 13.5. The molecule has 4 N–H and O–H groups in total. The molecular weight excluding hydrogens is 492 g/mol. The molecule has 2 aliphatic rings. The number of hydrogen-bond donors (Lipinski definition) is 4. The number of carbonyl (C=O) groups excluding carboxylic acids is 2. The Hall–Kier alpha value is -4.18. The van der Waals surface area contributed by atoms with Gasteiger partial charge in [0, 0.05) is 48.6 Å². The Morgan fingerprint density at radius 2 is 1.97 bits per heavy atom. The largest absolute Gasteiger partial charge is 0.345 e. The zero-order chi connectivity index (χ0) is 26.9. The number of hydrogen-bond acceptors (Lipinski definition) is 5. The summed E-state index contributed by atoms with van der Waals surface area (Å²) >= 11 is 0. The molecule has 1 unspecified atom stereocenters. The zero-order valence-electron chi connectivity index (χ0n) is 22.3. The Balaban J connectivity index is 1.07. The first kappa shape index (κ1) is 25.1. The van der Waals surface area contributed by atoms with Gasteiger partial charge in [0.1, 0.15) is 5.82 Å². The second kappa shape index (κ2) is 10.5. The number of amides is 3. The van der Waals surface area contributed by atoms with Crippen LogP contribution >= 0.6 is 0 Å². The third kappa shape index (κ3) is 5.37. The fourth-order valence-electron chi connectivity index (χ4n) is 5.84. The van der Waals surface area contributed by atoms with Crippen molar-refractivity contribution in [2.75, 3.05) is 25.0 Å². The van der Waals surface area contributed by atoms with Crippen molar-refractivity contribution >= 4 is 28.5 Å². The van der Waals surface area contributed by atoms with Crippen molar-refractivity contribution in [3.05, 3.63) is 77.0 Å². The van der Waals surface area contributed by atoms with E-state index in [9.17, 15) is 9.59 Å². The van der Waals surface area contributed by atoms with Gasteiger partial charge in [0.15, 0.2) is 0 Å². The Labute approximate surface area is 227 Å². The van der Waals surface area contributed by atoms with Crippen molar-refractivity contribution in [2.45, 2.75) is 51.7 Å². The van der Waals surface area contributed by atoms with Crippen LogP contribution in [0.2, 0.25) is 0 Å². The molecule has 202 valence electrons. The number of anilines is 1. The van der Waals surface area contributed by atoms with Crippen LogP contribution in [0.4, 0.5) is 10.5 Å². The van der Waals surface area contributed by atoms with Crippen LogP contribution < -0.4 is 10.6 Å². The number of imidazole rings is 1. The van der Waals surface area contributed by atoms with Crippen molar-refractivity contribution in [3.63, 3.8) is 0 Å². The number of carbonyl (C=O) groups is 2. The van der Waals surface area contributed by atoms with Gasteiger partial charge in [-0.15, -0.1) is 0 Å². The van der Waals surface area contributed by atoms with Crippen LogP contribution in [0.5, 0.6) is 0 Å². The Morgan fingerprint density at radius 1 is 1.15 bits per heavy atom. The highest BCUT2D eigenvalue weighted by Gasteiger charge is 2.32. The molecule has 0 bridgehead atoms. The fourth-order valence-corrected chi connectivity index (χ4v) is 5.84. The Morgan fingerprint density at radius 3 is 2.77 bits per heavy atom. The molecule has 1 fully saturated rings. The third-order valence-corrected chi connectivity index (χ3v) is 7.86. The molecule has 2 aromatic heterocycles. The van der Waals surface area contributed by atoms with E-state index >= 15 is 0 Å². The molecule has 0 saturated carbocycles. The number of nitrogens with zero attached hydrogens (tertiary/aromatic N) is 4. The van der Waals surface area contributed by atoms with Gasteiger partial charge in [-0.1, -0.05) is 24.3 Å². The smallest absolute Gasteiger partial charge is 0.322 e. The van der Waals surface area contributed by atoms with Gasteiger partial charge in [0.25, 0.3) is 0 Å². The van der Waals surface area contributed by atoms with Crippen LogP contribution in [0.15, 0.2) is 48.8 Å². The van der Waals surface area contributed by atoms with Crippen molar-refractivity contribution < 1.29 is 9.59 Å². The second-order valence-electron chi connectivity index (χ2n) is 10.7. The van der Waals surface area contributed by atoms with Gasteiger partial charge in [-0.05, 0) is 61.9 Å². The molecule has 6 rings (SSSR count). The standard InChI is InChI=1S/C29H34N8O2/c1-18-11-20(12-22-15-31-35-27(18)22)13-25(28-30-14-19(2)32-28)33-26(38)17-36-9-7-23(8-10-36)37-16-21-5-3-4-6-24(21)34-29(37)39/h3-6,11-12,14-15,23,25H,7-10,13,16-17H2,1-2H3,(H,30,32)(H,31,35)(H,33,38)(H,34,39). The maximum atomic E-state index is 13.2. The number of likely N-dealkylation sites (tertiary alicyclic amines) is 1. The minimum Gasteiger partial charge on any atom is -0.345 e. The number of para-hydroxylation sites is 1. The summed E-state index contributed by atoms with van der Waals surface area (Å²) in [6, 6.07) is 12.1. The van der Waals surface area contributed by atoms with Gasteiger partial charge < -0.3 is 20.5 Å². The third-order valence-electron chi connectivity index (χ3n) is 7.86. The number of nitrogens with one attached hydrogen (secondary N) is 4. The topological polar surface area (TPSA) is 122 Å². The van der Waals surface area contributed by atoms with E-state index in [-0.39, 0.29) is 24.0 Å². The van der Waals surface area contributed by atoms with Crippen LogP contribution in [-0.2, 0) is 17.8 Å². The second-order valence-corrected chi connectivity index (χ2v) is 10.7. The summed E-state index contributed by atoms with van der Waals surface area (Å²) in [4.78, 5) is 37.9. The quantitative estimate of drug-likeness (QED) is 0.292. The number of aromatic amines is 2. The summed E-state index contributed by atoms with van der Waals surface area (Å²) in [7, 11) is 0. The molecule has 1 atom stereocenters. The molecule has 0 aliphatic carbocycles. The maximum absolute atomic E-state index is 13.2. The summed E-state index contributed by atoms with van der Waals surface area (Å²) in [5.41, 5.74) is 6.26. The number of aromatic nitrogens is 4. The normalized spacial score (nSPS) is 17.2. The number of urea groups is 1. The van der Waals surface area contributed by atoms with Crippen LogP contribution in [0.1, 0.15) is 47.1 Å². The summed E-state index contributed by atoms with van der Waals surface area (Å²) in [5.74, 6) is 0.721. The lowest BCUT2D eigenvalue weighted by Crippen LogP contribution is -2.51. The van der Waals surface area contributed by atoms with E-state index in [4.69, 9.17) is 0 Å². The molecule has 10 heteroatoms. The molecule has 4 heterocycles. The van der Waals surface area contributed by atoms with Crippen molar-refractivity contribution in [1.82, 2.24) is 35.3 Å². The highest BCUT2D eigenvalue weighted by molar-refractivity contribution is 5.92. The van der Waals surface area contributed by atoms with Crippen molar-refractivity contribution in [1.29, 1.82) is 0 Å². The summed E-state index contributed by atoms with van der Waals surface area (Å²) in [5, 5.41) is 14.5. The SMILES string of the molecule is Cc1cnc(C(Cc2cc(C)c3[nH]ncc3c2)NC(=O)CN2CCC(N3Cc4ccccc4NC3=O)CC2)[nH]1. The van der Waals surface area contributed by atoms with Crippen LogP contribution in [0, 0.1) is 13.8 Å². The number of H-pyrrole nitrogens is 2. The monoisotopic (exact) mass is 526 g/mol. The molecule has 4 aromatic rings. The summed E-state index contributed by atoms with van der Waals surface area (Å²) < 4.78 is 0. The van der Waals surface area contributed by atoms with Gasteiger partial charge in [-0.3, -0.25) is 14.8 Å². The predicted octanol–water partition coefficient (Wildman–Crippen LogP) is 3.81. The van der Waals surface area contributed by atoms with E-state index < -0.39 is 0 Å². The molecule has 3 amide bonds. The van der Waals surface area contributed by atoms with Gasteiger partial charge in [-0.25, -0.2) is 9.78 Å². The number of fused-ring (bicyclic) bond motifs is 2. The van der Waals surface area contributed by atoms with Gasteiger partial charge >= 0.3 is 6.03 Å². The van der Waals surface area contributed by atoms with Gasteiger partial charge in [-0.2, -0.15) is 5.10 Å². The Kier molecular flexibility index (Phi) is 6.78. The summed E-state index contributed by atoms with van der Waals surface area (Å²) in [6.45, 7) is 6.50. The lowest BCUT2D eigenvalue weighted by atomic mass is 10.0. The van der Waals surface area contributed by atoms with Gasteiger partial charge in [0.2, 0.25) is 5.91 Å². The molecule has 2 aromatic carbocycles. The first-order valence-corrected chi connectivity index (χ1v) is 13.5. The van der Waals surface area contributed by atoms with E-state index in [0.717, 1.165) is 70.7 Å². The highest BCUT2D eigenvalue weighted by atomic mass is 16.2. The fraction of sp³-hybridized carbons (Fsp3) is 0.379. The molecule has 1 saturated heterocycles. The number of piperidine rings is 1. The van der Waals surface area contributed by atoms with E-state index in [0.29, 0.717) is 19.5 Å². The van der Waals surface area contributed by atoms with E-state index in [1.54, 1.807) is 6.20 Å². The molecular formula is C29H34N8O2. The molecule has 2 aliphatic heterocycles. The number of aryl methyl sites for hydroxylation is 2. The first-order chi connectivity index (χ1) is 18.9. The number of rotatable bonds is 7.